The highest BCUT2D eigenvalue weighted by Crippen LogP contribution is 2.29. The van der Waals surface area contributed by atoms with Crippen LogP contribution in [-0.2, 0) is 9.53 Å². The van der Waals surface area contributed by atoms with E-state index in [1.807, 2.05) is 12.1 Å². The van der Waals surface area contributed by atoms with Crippen molar-refractivity contribution in [3.8, 4) is 0 Å². The molecule has 0 bridgehead atoms. The van der Waals surface area contributed by atoms with Crippen molar-refractivity contribution < 1.29 is 14.3 Å². The van der Waals surface area contributed by atoms with Gasteiger partial charge in [0.05, 0.1) is 7.11 Å². The Balaban J connectivity index is 0.00000300. The van der Waals surface area contributed by atoms with Crippen LogP contribution in [0, 0.1) is 5.92 Å². The van der Waals surface area contributed by atoms with Crippen molar-refractivity contribution in [2.24, 2.45) is 5.92 Å². The molecule has 2 N–H and O–H groups in total. The Morgan fingerprint density at radius 2 is 1.69 bits per heavy atom. The quantitative estimate of drug-likeness (QED) is 0.646. The van der Waals surface area contributed by atoms with Gasteiger partial charge in [0.25, 0.3) is 5.91 Å². The zero-order valence-corrected chi connectivity index (χ0v) is 18.3. The van der Waals surface area contributed by atoms with Crippen LogP contribution in [0.15, 0.2) is 24.3 Å². The summed E-state index contributed by atoms with van der Waals surface area (Å²) >= 11 is 0. The lowest BCUT2D eigenvalue weighted by molar-refractivity contribution is -0.140. The highest BCUT2D eigenvalue weighted by molar-refractivity contribution is 5.94. The molecular weight excluding hydrogens is 388 g/mol. The summed E-state index contributed by atoms with van der Waals surface area (Å²) in [5.41, 5.74) is 2.11. The van der Waals surface area contributed by atoms with Gasteiger partial charge < -0.3 is 15.4 Å². The smallest absolute Gasteiger partial charge is 0.305 e. The fourth-order valence-corrected chi connectivity index (χ4v) is 4.56. The molecule has 1 aliphatic carbocycles. The second-order valence-electron chi connectivity index (χ2n) is 8.31. The van der Waals surface area contributed by atoms with Crippen LogP contribution in [0.25, 0.3) is 0 Å². The van der Waals surface area contributed by atoms with Crippen molar-refractivity contribution in [3.63, 3.8) is 0 Å². The molecule has 0 spiro atoms. The topological polar surface area (TPSA) is 67.4 Å². The first-order valence-corrected chi connectivity index (χ1v) is 10.8. The van der Waals surface area contributed by atoms with Crippen molar-refractivity contribution in [2.75, 3.05) is 20.2 Å². The third-order valence-corrected chi connectivity index (χ3v) is 6.39. The highest BCUT2D eigenvalue weighted by atomic mass is 35.5. The number of amides is 1. The highest BCUT2D eigenvalue weighted by Gasteiger charge is 2.23. The van der Waals surface area contributed by atoms with Crippen LogP contribution in [0.5, 0.6) is 0 Å². The predicted molar refractivity (Wildman–Crippen MR) is 118 cm³/mol. The SMILES string of the molecule is COC(=O)CCC[C@H]1CC[C@H](NC(=O)c2ccc(C3CCNCC3)cc2)CC1.Cl. The Hall–Kier alpha value is -1.59. The van der Waals surface area contributed by atoms with Gasteiger partial charge in [0.1, 0.15) is 0 Å². The molecule has 29 heavy (non-hydrogen) atoms. The van der Waals surface area contributed by atoms with Crippen LogP contribution in [0.1, 0.15) is 79.6 Å². The summed E-state index contributed by atoms with van der Waals surface area (Å²) in [6.07, 6.45) is 9.15. The van der Waals surface area contributed by atoms with Gasteiger partial charge in [-0.25, -0.2) is 0 Å². The predicted octanol–water partition coefficient (Wildman–Crippen LogP) is 4.21. The maximum Gasteiger partial charge on any atom is 0.305 e. The Morgan fingerprint density at radius 3 is 2.31 bits per heavy atom. The summed E-state index contributed by atoms with van der Waals surface area (Å²) in [5.74, 6) is 1.22. The molecule has 1 aliphatic heterocycles. The molecule has 1 heterocycles. The number of piperidine rings is 1. The maximum atomic E-state index is 12.6. The molecule has 0 radical (unpaired) electrons. The van der Waals surface area contributed by atoms with Crippen LogP contribution < -0.4 is 10.6 Å². The van der Waals surface area contributed by atoms with E-state index in [2.05, 4.69) is 22.8 Å². The van der Waals surface area contributed by atoms with Gasteiger partial charge in [-0.05, 0) is 94.0 Å². The fourth-order valence-electron chi connectivity index (χ4n) is 4.56. The van der Waals surface area contributed by atoms with E-state index in [4.69, 9.17) is 4.74 Å². The molecule has 6 heteroatoms. The maximum absolute atomic E-state index is 12.6. The number of hydrogen-bond donors (Lipinski definition) is 2. The van der Waals surface area contributed by atoms with Crippen LogP contribution in [-0.4, -0.2) is 38.1 Å². The molecule has 2 fully saturated rings. The summed E-state index contributed by atoms with van der Waals surface area (Å²) in [6, 6.07) is 8.48. The Bertz CT molecular complexity index is 636. The number of methoxy groups -OCH3 is 1. The first kappa shape index (κ1) is 23.7. The normalized spacial score (nSPS) is 22.4. The van der Waals surface area contributed by atoms with E-state index in [0.717, 1.165) is 57.2 Å². The molecule has 1 aromatic rings. The molecule has 2 aliphatic rings. The molecule has 1 saturated carbocycles. The van der Waals surface area contributed by atoms with Gasteiger partial charge in [0.15, 0.2) is 0 Å². The van der Waals surface area contributed by atoms with Crippen molar-refractivity contribution in [1.29, 1.82) is 0 Å². The number of carbonyl (C=O) groups is 2. The lowest BCUT2D eigenvalue weighted by Crippen LogP contribution is -2.37. The number of halogens is 1. The van der Waals surface area contributed by atoms with Crippen molar-refractivity contribution in [2.45, 2.75) is 69.7 Å². The molecule has 0 unspecified atom stereocenters. The minimum Gasteiger partial charge on any atom is -0.469 e. The van der Waals surface area contributed by atoms with Crippen LogP contribution >= 0.6 is 12.4 Å². The van der Waals surface area contributed by atoms with Gasteiger partial charge in [-0.3, -0.25) is 9.59 Å². The molecule has 3 rings (SSSR count). The lowest BCUT2D eigenvalue weighted by Gasteiger charge is -2.29. The van der Waals surface area contributed by atoms with E-state index >= 15 is 0 Å². The molecule has 162 valence electrons. The van der Waals surface area contributed by atoms with Crippen LogP contribution in [0.2, 0.25) is 0 Å². The van der Waals surface area contributed by atoms with Gasteiger partial charge in [0, 0.05) is 18.0 Å². The summed E-state index contributed by atoms with van der Waals surface area (Å²) in [7, 11) is 1.44. The summed E-state index contributed by atoms with van der Waals surface area (Å²) < 4.78 is 4.69. The molecule has 1 amide bonds. The number of ether oxygens (including phenoxy) is 1. The number of esters is 1. The molecule has 1 saturated heterocycles. The summed E-state index contributed by atoms with van der Waals surface area (Å²) in [4.78, 5) is 23.8. The Labute approximate surface area is 180 Å². The standard InChI is InChI=1S/C23H34N2O3.ClH/c1-28-22(26)4-2-3-17-5-11-21(12-6-17)25-23(27)20-9-7-18(8-10-20)19-13-15-24-16-14-19;/h7-10,17,19,21,24H,2-6,11-16H2,1H3,(H,25,27);1H/t17-,21-;. The van der Waals surface area contributed by atoms with Gasteiger partial charge in [-0.1, -0.05) is 12.1 Å². The summed E-state index contributed by atoms with van der Waals surface area (Å²) in [6.45, 7) is 2.16. The average molecular weight is 423 g/mol. The second kappa shape index (κ2) is 12.2. The van der Waals surface area contributed by atoms with E-state index in [0.29, 0.717) is 18.3 Å². The molecule has 0 aromatic heterocycles. The van der Waals surface area contributed by atoms with E-state index in [1.54, 1.807) is 0 Å². The molecular formula is C23H35ClN2O3. The van der Waals surface area contributed by atoms with E-state index < -0.39 is 0 Å². The van der Waals surface area contributed by atoms with Gasteiger partial charge >= 0.3 is 5.97 Å². The third-order valence-electron chi connectivity index (χ3n) is 6.39. The zero-order chi connectivity index (χ0) is 19.8. The van der Waals surface area contributed by atoms with E-state index in [9.17, 15) is 9.59 Å². The average Bonchev–Trinajstić information content (AvgIpc) is 2.75. The van der Waals surface area contributed by atoms with Crippen molar-refractivity contribution in [3.05, 3.63) is 35.4 Å². The third kappa shape index (κ3) is 7.31. The van der Waals surface area contributed by atoms with Crippen LogP contribution in [0.3, 0.4) is 0 Å². The summed E-state index contributed by atoms with van der Waals surface area (Å²) in [5, 5.41) is 6.61. The minimum atomic E-state index is -0.118. The lowest BCUT2D eigenvalue weighted by atomic mass is 9.83. The first-order valence-electron chi connectivity index (χ1n) is 10.8. The Morgan fingerprint density at radius 1 is 1.03 bits per heavy atom. The fraction of sp³-hybridized carbons (Fsp3) is 0.652. The van der Waals surface area contributed by atoms with Gasteiger partial charge in [-0.15, -0.1) is 12.4 Å². The van der Waals surface area contributed by atoms with E-state index in [1.165, 1.54) is 25.5 Å². The van der Waals surface area contributed by atoms with Gasteiger partial charge in [0.2, 0.25) is 0 Å². The number of carbonyl (C=O) groups excluding carboxylic acids is 2. The van der Waals surface area contributed by atoms with Crippen molar-refractivity contribution in [1.82, 2.24) is 10.6 Å². The Kier molecular flexibility index (Phi) is 9.95. The first-order chi connectivity index (χ1) is 13.7. The molecule has 5 nitrogen and oxygen atoms in total. The largest absolute Gasteiger partial charge is 0.469 e. The minimum absolute atomic E-state index is 0. The molecule has 0 atom stereocenters. The number of hydrogen-bond acceptors (Lipinski definition) is 4. The zero-order valence-electron chi connectivity index (χ0n) is 17.5. The monoisotopic (exact) mass is 422 g/mol. The number of benzene rings is 1. The molecule has 1 aromatic carbocycles. The second-order valence-corrected chi connectivity index (χ2v) is 8.31. The number of rotatable bonds is 7. The van der Waals surface area contributed by atoms with Gasteiger partial charge in [-0.2, -0.15) is 0 Å². The van der Waals surface area contributed by atoms with Crippen molar-refractivity contribution >= 4 is 24.3 Å². The van der Waals surface area contributed by atoms with E-state index in [-0.39, 0.29) is 30.3 Å². The number of nitrogens with one attached hydrogen (secondary N) is 2. The van der Waals surface area contributed by atoms with Crippen LogP contribution in [0.4, 0.5) is 0 Å².